The van der Waals surface area contributed by atoms with Crippen molar-refractivity contribution in [2.24, 2.45) is 0 Å². The standard InChI is InChI=1S/C12H18N/c1-10(2)13(4)9-12-8-6-5-7-11(12)3/h5-8,10H,4,9H2,1-3H3/q+1. The van der Waals surface area contributed by atoms with Crippen molar-refractivity contribution in [2.75, 3.05) is 0 Å². The average molecular weight is 176 g/mol. The summed E-state index contributed by atoms with van der Waals surface area (Å²) in [4.78, 5) is 0. The van der Waals surface area contributed by atoms with E-state index in [2.05, 4.69) is 56.3 Å². The molecule has 1 heteroatoms. The van der Waals surface area contributed by atoms with Gasteiger partial charge in [-0.25, -0.2) is 4.58 Å². The largest absolute Gasteiger partial charge is 0.236 e. The highest BCUT2D eigenvalue weighted by Gasteiger charge is 2.08. The van der Waals surface area contributed by atoms with Crippen molar-refractivity contribution in [3.8, 4) is 0 Å². The Morgan fingerprint density at radius 2 is 1.92 bits per heavy atom. The lowest BCUT2D eigenvalue weighted by molar-refractivity contribution is -0.566. The molecule has 0 bridgehead atoms. The second kappa shape index (κ2) is 4.22. The summed E-state index contributed by atoms with van der Waals surface area (Å²) in [5, 5.41) is 0. The molecule has 0 spiro atoms. The highest BCUT2D eigenvalue weighted by atomic mass is 15.0. The molecule has 70 valence electrons. The lowest BCUT2D eigenvalue weighted by Gasteiger charge is -2.07. The first-order chi connectivity index (χ1) is 6.11. The van der Waals surface area contributed by atoms with E-state index in [-0.39, 0.29) is 0 Å². The zero-order chi connectivity index (χ0) is 9.84. The first-order valence-corrected chi connectivity index (χ1v) is 4.73. The quantitative estimate of drug-likeness (QED) is 0.492. The van der Waals surface area contributed by atoms with Gasteiger partial charge in [-0.05, 0) is 26.3 Å². The molecule has 0 amide bonds. The summed E-state index contributed by atoms with van der Waals surface area (Å²) < 4.78 is 2.10. The van der Waals surface area contributed by atoms with Crippen molar-refractivity contribution in [1.82, 2.24) is 0 Å². The Kier molecular flexibility index (Phi) is 3.24. The van der Waals surface area contributed by atoms with Crippen molar-refractivity contribution in [2.45, 2.75) is 33.4 Å². The molecule has 13 heavy (non-hydrogen) atoms. The predicted octanol–water partition coefficient (Wildman–Crippen LogP) is 2.62. The molecule has 0 fully saturated rings. The molecule has 0 unspecified atom stereocenters. The first kappa shape index (κ1) is 9.97. The number of aryl methyl sites for hydroxylation is 1. The second-order valence-electron chi connectivity index (χ2n) is 3.77. The molecular weight excluding hydrogens is 158 g/mol. The second-order valence-corrected chi connectivity index (χ2v) is 3.77. The molecule has 1 rings (SSSR count). The van der Waals surface area contributed by atoms with Crippen molar-refractivity contribution in [3.63, 3.8) is 0 Å². The maximum atomic E-state index is 4.01. The van der Waals surface area contributed by atoms with Gasteiger partial charge >= 0.3 is 0 Å². The van der Waals surface area contributed by atoms with Crippen LogP contribution in [0.1, 0.15) is 25.0 Å². The minimum absolute atomic E-state index is 0.500. The van der Waals surface area contributed by atoms with Crippen LogP contribution in [-0.2, 0) is 6.54 Å². The predicted molar refractivity (Wildman–Crippen MR) is 57.4 cm³/mol. The molecular formula is C12H18N+. The molecule has 0 saturated heterocycles. The van der Waals surface area contributed by atoms with Crippen molar-refractivity contribution >= 4 is 6.72 Å². The molecule has 0 atom stereocenters. The number of rotatable bonds is 3. The van der Waals surface area contributed by atoms with Crippen molar-refractivity contribution in [3.05, 3.63) is 35.4 Å². The number of nitrogens with zero attached hydrogens (tertiary/aromatic N) is 1. The van der Waals surface area contributed by atoms with Crippen molar-refractivity contribution in [1.29, 1.82) is 0 Å². The summed E-state index contributed by atoms with van der Waals surface area (Å²) in [6.45, 7) is 11.4. The van der Waals surface area contributed by atoms with Gasteiger partial charge in [-0.3, -0.25) is 0 Å². The van der Waals surface area contributed by atoms with Gasteiger partial charge in [0.1, 0.15) is 12.8 Å². The smallest absolute Gasteiger partial charge is 0.168 e. The third-order valence-electron chi connectivity index (χ3n) is 2.36. The van der Waals surface area contributed by atoms with Crippen LogP contribution in [0.3, 0.4) is 0 Å². The molecule has 0 aliphatic carbocycles. The Morgan fingerprint density at radius 3 is 2.46 bits per heavy atom. The van der Waals surface area contributed by atoms with Gasteiger partial charge in [0.15, 0.2) is 6.54 Å². The van der Waals surface area contributed by atoms with Gasteiger partial charge in [0.25, 0.3) is 0 Å². The van der Waals surface area contributed by atoms with E-state index in [0.717, 1.165) is 6.54 Å². The minimum atomic E-state index is 0.500. The molecule has 1 nitrogen and oxygen atoms in total. The molecule has 0 aromatic heterocycles. The highest BCUT2D eigenvalue weighted by Crippen LogP contribution is 2.08. The van der Waals surface area contributed by atoms with Crippen LogP contribution in [0, 0.1) is 6.92 Å². The topological polar surface area (TPSA) is 3.01 Å². The normalized spacial score (nSPS) is 10.5. The SMILES string of the molecule is C=[N+](Cc1ccccc1C)C(C)C. The van der Waals surface area contributed by atoms with Crippen LogP contribution in [0.2, 0.25) is 0 Å². The van der Waals surface area contributed by atoms with E-state index in [1.807, 2.05) is 0 Å². The van der Waals surface area contributed by atoms with Crippen LogP contribution in [0.4, 0.5) is 0 Å². The summed E-state index contributed by atoms with van der Waals surface area (Å²) in [5.41, 5.74) is 2.71. The Hall–Kier alpha value is -1.11. The molecule has 0 heterocycles. The van der Waals surface area contributed by atoms with Gasteiger partial charge < -0.3 is 0 Å². The first-order valence-electron chi connectivity index (χ1n) is 4.73. The number of benzene rings is 1. The molecule has 0 aliphatic rings. The Morgan fingerprint density at radius 1 is 1.31 bits per heavy atom. The molecule has 1 aromatic carbocycles. The van der Waals surface area contributed by atoms with Gasteiger partial charge in [0, 0.05) is 5.56 Å². The average Bonchev–Trinajstić information content (AvgIpc) is 2.08. The van der Waals surface area contributed by atoms with Gasteiger partial charge in [-0.1, -0.05) is 24.3 Å². The van der Waals surface area contributed by atoms with Crippen LogP contribution in [0.15, 0.2) is 24.3 Å². The number of hydrogen-bond donors (Lipinski definition) is 0. The summed E-state index contributed by atoms with van der Waals surface area (Å²) in [6.07, 6.45) is 0. The monoisotopic (exact) mass is 176 g/mol. The molecule has 0 radical (unpaired) electrons. The van der Waals surface area contributed by atoms with E-state index in [1.165, 1.54) is 11.1 Å². The number of hydrogen-bond acceptors (Lipinski definition) is 0. The fourth-order valence-electron chi connectivity index (χ4n) is 1.19. The van der Waals surface area contributed by atoms with Gasteiger partial charge in [0.05, 0.1) is 0 Å². The lowest BCUT2D eigenvalue weighted by atomic mass is 10.1. The Labute approximate surface area is 80.7 Å². The van der Waals surface area contributed by atoms with Gasteiger partial charge in [-0.2, -0.15) is 0 Å². The van der Waals surface area contributed by atoms with E-state index < -0.39 is 0 Å². The third-order valence-corrected chi connectivity index (χ3v) is 2.36. The zero-order valence-electron chi connectivity index (χ0n) is 8.75. The van der Waals surface area contributed by atoms with Crippen LogP contribution in [0.5, 0.6) is 0 Å². The van der Waals surface area contributed by atoms with Crippen LogP contribution >= 0.6 is 0 Å². The summed E-state index contributed by atoms with van der Waals surface area (Å²) in [7, 11) is 0. The Bertz CT molecular complexity index is 300. The van der Waals surface area contributed by atoms with Crippen LogP contribution in [-0.4, -0.2) is 17.3 Å². The summed E-state index contributed by atoms with van der Waals surface area (Å²) >= 11 is 0. The molecule has 1 aromatic rings. The summed E-state index contributed by atoms with van der Waals surface area (Å²) in [6, 6.07) is 8.96. The van der Waals surface area contributed by atoms with Gasteiger partial charge in [-0.15, -0.1) is 0 Å². The molecule has 0 N–H and O–H groups in total. The van der Waals surface area contributed by atoms with Crippen LogP contribution < -0.4 is 0 Å². The Balaban J connectivity index is 2.75. The molecule has 0 aliphatic heterocycles. The lowest BCUT2D eigenvalue weighted by Crippen LogP contribution is -2.18. The van der Waals surface area contributed by atoms with Gasteiger partial charge in [0.2, 0.25) is 0 Å². The van der Waals surface area contributed by atoms with Crippen LogP contribution in [0.25, 0.3) is 0 Å². The fraction of sp³-hybridized carbons (Fsp3) is 0.417. The fourth-order valence-corrected chi connectivity index (χ4v) is 1.19. The highest BCUT2D eigenvalue weighted by molar-refractivity contribution is 5.25. The maximum Gasteiger partial charge on any atom is 0.168 e. The minimum Gasteiger partial charge on any atom is -0.236 e. The molecule has 0 saturated carbocycles. The van der Waals surface area contributed by atoms with E-state index in [9.17, 15) is 0 Å². The van der Waals surface area contributed by atoms with Crippen molar-refractivity contribution < 1.29 is 4.58 Å². The van der Waals surface area contributed by atoms with E-state index in [1.54, 1.807) is 0 Å². The van der Waals surface area contributed by atoms with E-state index in [0.29, 0.717) is 6.04 Å². The zero-order valence-corrected chi connectivity index (χ0v) is 8.75. The van der Waals surface area contributed by atoms with E-state index >= 15 is 0 Å². The summed E-state index contributed by atoms with van der Waals surface area (Å²) in [5.74, 6) is 0. The third kappa shape index (κ3) is 2.69. The van der Waals surface area contributed by atoms with E-state index in [4.69, 9.17) is 0 Å². The maximum absolute atomic E-state index is 4.01.